The number of aromatic nitrogens is 1. The van der Waals surface area contributed by atoms with Crippen molar-refractivity contribution in [1.29, 1.82) is 0 Å². The van der Waals surface area contributed by atoms with E-state index in [9.17, 15) is 14.7 Å². The van der Waals surface area contributed by atoms with E-state index in [1.165, 1.54) is 29.4 Å². The molecular weight excluding hydrogens is 350 g/mol. The van der Waals surface area contributed by atoms with Crippen molar-refractivity contribution >= 4 is 52.5 Å². The molecule has 0 bridgehead atoms. The molecule has 0 spiro atoms. The van der Waals surface area contributed by atoms with Gasteiger partial charge in [-0.25, -0.2) is 0 Å². The molecular formula is C16H10ClN3O3S. The summed E-state index contributed by atoms with van der Waals surface area (Å²) in [5.41, 5.74) is 0.617. The lowest BCUT2D eigenvalue weighted by Crippen LogP contribution is -2.54. The first-order valence-electron chi connectivity index (χ1n) is 6.77. The Labute approximate surface area is 147 Å². The van der Waals surface area contributed by atoms with Crippen LogP contribution in [0, 0.1) is 0 Å². The molecule has 2 N–H and O–H groups in total. The maximum absolute atomic E-state index is 12.7. The molecule has 2 amide bonds. The molecule has 8 heteroatoms. The summed E-state index contributed by atoms with van der Waals surface area (Å²) in [6.07, 6.45) is 3.96. The monoisotopic (exact) mass is 359 g/mol. The normalized spacial score (nSPS) is 16.5. The van der Waals surface area contributed by atoms with Gasteiger partial charge in [0.25, 0.3) is 11.8 Å². The van der Waals surface area contributed by atoms with Gasteiger partial charge in [-0.2, -0.15) is 0 Å². The van der Waals surface area contributed by atoms with Crippen molar-refractivity contribution in [3.63, 3.8) is 0 Å². The molecule has 3 rings (SSSR count). The number of hydrogen-bond acceptors (Lipinski definition) is 5. The predicted molar refractivity (Wildman–Crippen MR) is 93.6 cm³/mol. The fourth-order valence-corrected chi connectivity index (χ4v) is 2.56. The van der Waals surface area contributed by atoms with Crippen molar-refractivity contribution in [2.24, 2.45) is 0 Å². The number of nitrogens with one attached hydrogen (secondary N) is 1. The van der Waals surface area contributed by atoms with Gasteiger partial charge < -0.3 is 5.11 Å². The van der Waals surface area contributed by atoms with Gasteiger partial charge in [-0.05, 0) is 48.6 Å². The van der Waals surface area contributed by atoms with Crippen LogP contribution in [0.25, 0.3) is 6.08 Å². The summed E-state index contributed by atoms with van der Waals surface area (Å²) in [6, 6.07) is 7.95. The molecule has 0 radical (unpaired) electrons. The van der Waals surface area contributed by atoms with Crippen molar-refractivity contribution in [1.82, 2.24) is 10.3 Å². The number of benzene rings is 1. The maximum Gasteiger partial charge on any atom is 0.270 e. The van der Waals surface area contributed by atoms with Crippen LogP contribution in [0.3, 0.4) is 0 Å². The SMILES string of the molecule is O=C1NC(=S)N(c2ccc(Cl)cc2)C(=O)/C1=C\c1ccncc1O. The third kappa shape index (κ3) is 2.99. The second-order valence-electron chi connectivity index (χ2n) is 4.87. The molecule has 1 aromatic carbocycles. The zero-order valence-electron chi connectivity index (χ0n) is 12.1. The molecule has 24 heavy (non-hydrogen) atoms. The van der Waals surface area contributed by atoms with Gasteiger partial charge >= 0.3 is 0 Å². The molecule has 0 unspecified atom stereocenters. The van der Waals surface area contributed by atoms with Crippen LogP contribution in [0.15, 0.2) is 48.3 Å². The first kappa shape index (κ1) is 16.1. The summed E-state index contributed by atoms with van der Waals surface area (Å²) >= 11 is 10.9. The van der Waals surface area contributed by atoms with E-state index < -0.39 is 11.8 Å². The highest BCUT2D eigenvalue weighted by Gasteiger charge is 2.34. The van der Waals surface area contributed by atoms with Crippen LogP contribution in [0.4, 0.5) is 5.69 Å². The molecule has 0 atom stereocenters. The second-order valence-corrected chi connectivity index (χ2v) is 5.69. The quantitative estimate of drug-likeness (QED) is 0.488. The lowest BCUT2D eigenvalue weighted by Gasteiger charge is -2.28. The Bertz CT molecular complexity index is 880. The fraction of sp³-hybridized carbons (Fsp3) is 0. The Kier molecular flexibility index (Phi) is 4.28. The number of nitrogens with zero attached hydrogens (tertiary/aromatic N) is 2. The number of halogens is 1. The summed E-state index contributed by atoms with van der Waals surface area (Å²) in [6.45, 7) is 0. The molecule has 0 aliphatic carbocycles. The summed E-state index contributed by atoms with van der Waals surface area (Å²) in [7, 11) is 0. The topological polar surface area (TPSA) is 82.5 Å². The Balaban J connectivity index is 2.03. The van der Waals surface area contributed by atoms with Crippen LogP contribution >= 0.6 is 23.8 Å². The second kappa shape index (κ2) is 6.38. The minimum atomic E-state index is -0.633. The third-order valence-electron chi connectivity index (χ3n) is 3.32. The van der Waals surface area contributed by atoms with E-state index in [-0.39, 0.29) is 16.4 Å². The standard InChI is InChI=1S/C16H10ClN3O3S/c17-10-1-3-11(4-2-10)20-15(23)12(14(22)19-16(20)24)7-9-5-6-18-8-13(9)21/h1-8,21H,(H,19,22,24)/b12-7-. The molecule has 0 saturated carbocycles. The highest BCUT2D eigenvalue weighted by Crippen LogP contribution is 2.25. The van der Waals surface area contributed by atoms with E-state index in [1.807, 2.05) is 0 Å². The van der Waals surface area contributed by atoms with Crippen molar-refractivity contribution < 1.29 is 14.7 Å². The van der Waals surface area contributed by atoms with E-state index in [4.69, 9.17) is 23.8 Å². The van der Waals surface area contributed by atoms with Crippen molar-refractivity contribution in [2.75, 3.05) is 4.90 Å². The van der Waals surface area contributed by atoms with Crippen LogP contribution in [-0.2, 0) is 9.59 Å². The largest absolute Gasteiger partial charge is 0.506 e. The summed E-state index contributed by atoms with van der Waals surface area (Å²) in [5.74, 6) is -1.37. The molecule has 1 aliphatic rings. The Morgan fingerprint density at radius 3 is 2.58 bits per heavy atom. The molecule has 2 heterocycles. The highest BCUT2D eigenvalue weighted by atomic mass is 35.5. The minimum Gasteiger partial charge on any atom is -0.506 e. The number of anilines is 1. The number of pyridine rings is 1. The van der Waals surface area contributed by atoms with Crippen LogP contribution < -0.4 is 10.2 Å². The van der Waals surface area contributed by atoms with Gasteiger partial charge in [-0.15, -0.1) is 0 Å². The van der Waals surface area contributed by atoms with E-state index in [2.05, 4.69) is 10.3 Å². The van der Waals surface area contributed by atoms with Gasteiger partial charge in [-0.1, -0.05) is 11.6 Å². The lowest BCUT2D eigenvalue weighted by atomic mass is 10.1. The predicted octanol–water partition coefficient (Wildman–Crippen LogP) is 2.27. The first-order valence-corrected chi connectivity index (χ1v) is 7.56. The van der Waals surface area contributed by atoms with Gasteiger partial charge in [0.15, 0.2) is 5.11 Å². The minimum absolute atomic E-state index is 0.0246. The molecule has 1 aliphatic heterocycles. The van der Waals surface area contributed by atoms with Crippen molar-refractivity contribution in [2.45, 2.75) is 0 Å². The lowest BCUT2D eigenvalue weighted by molar-refractivity contribution is -0.122. The van der Waals surface area contributed by atoms with Crippen LogP contribution in [0.1, 0.15) is 5.56 Å². The smallest absolute Gasteiger partial charge is 0.270 e. The Morgan fingerprint density at radius 1 is 1.21 bits per heavy atom. The molecule has 6 nitrogen and oxygen atoms in total. The summed E-state index contributed by atoms with van der Waals surface area (Å²) < 4.78 is 0. The summed E-state index contributed by atoms with van der Waals surface area (Å²) in [4.78, 5) is 29.8. The first-order chi connectivity index (χ1) is 11.5. The van der Waals surface area contributed by atoms with Gasteiger partial charge in [0.2, 0.25) is 0 Å². The van der Waals surface area contributed by atoms with E-state index >= 15 is 0 Å². The average Bonchev–Trinajstić information content (AvgIpc) is 2.54. The molecule has 1 aromatic heterocycles. The van der Waals surface area contributed by atoms with E-state index in [0.29, 0.717) is 16.3 Å². The van der Waals surface area contributed by atoms with Gasteiger partial charge in [0.1, 0.15) is 11.3 Å². The number of amides is 2. The van der Waals surface area contributed by atoms with Crippen LogP contribution in [0.2, 0.25) is 5.02 Å². The molecule has 2 aromatic rings. The Morgan fingerprint density at radius 2 is 1.92 bits per heavy atom. The fourth-order valence-electron chi connectivity index (χ4n) is 2.16. The van der Waals surface area contributed by atoms with Crippen molar-refractivity contribution in [3.05, 3.63) is 58.9 Å². The average molecular weight is 360 g/mol. The third-order valence-corrected chi connectivity index (χ3v) is 3.86. The number of carbonyl (C=O) groups is 2. The molecule has 1 saturated heterocycles. The van der Waals surface area contributed by atoms with E-state index in [1.54, 1.807) is 24.3 Å². The number of thiocarbonyl (C=S) groups is 1. The zero-order valence-corrected chi connectivity index (χ0v) is 13.6. The van der Waals surface area contributed by atoms with Gasteiger partial charge in [0.05, 0.1) is 11.9 Å². The highest BCUT2D eigenvalue weighted by molar-refractivity contribution is 7.80. The summed E-state index contributed by atoms with van der Waals surface area (Å²) in [5, 5.41) is 12.7. The number of hydrogen-bond donors (Lipinski definition) is 2. The van der Waals surface area contributed by atoms with Crippen LogP contribution in [-0.4, -0.2) is 27.0 Å². The number of rotatable bonds is 2. The number of carbonyl (C=O) groups excluding carboxylic acids is 2. The maximum atomic E-state index is 12.7. The Hall–Kier alpha value is -2.77. The van der Waals surface area contributed by atoms with Crippen molar-refractivity contribution in [3.8, 4) is 5.75 Å². The molecule has 1 fully saturated rings. The van der Waals surface area contributed by atoms with Crippen LogP contribution in [0.5, 0.6) is 5.75 Å². The van der Waals surface area contributed by atoms with Gasteiger partial charge in [-0.3, -0.25) is 24.8 Å². The van der Waals surface area contributed by atoms with Gasteiger partial charge in [0, 0.05) is 16.8 Å². The zero-order chi connectivity index (χ0) is 17.3. The van der Waals surface area contributed by atoms with E-state index in [0.717, 1.165) is 0 Å². The molecule has 120 valence electrons. The number of aromatic hydroxyl groups is 1.